The van der Waals surface area contributed by atoms with E-state index in [0.717, 1.165) is 37.3 Å². The summed E-state index contributed by atoms with van der Waals surface area (Å²) in [5.41, 5.74) is 2.76. The molecule has 3 nitrogen and oxygen atoms in total. The summed E-state index contributed by atoms with van der Waals surface area (Å²) >= 11 is 0. The van der Waals surface area contributed by atoms with Gasteiger partial charge in [0.05, 0.1) is 0 Å². The van der Waals surface area contributed by atoms with Crippen molar-refractivity contribution < 1.29 is 4.79 Å². The number of rotatable bonds is 4. The number of carbonyl (C=O) groups is 1. The molecule has 1 saturated heterocycles. The third-order valence-electron chi connectivity index (χ3n) is 5.68. The van der Waals surface area contributed by atoms with Crippen LogP contribution in [0.1, 0.15) is 74.7 Å². The van der Waals surface area contributed by atoms with E-state index >= 15 is 0 Å². The maximum absolute atomic E-state index is 13.3. The first-order chi connectivity index (χ1) is 12.5. The van der Waals surface area contributed by atoms with Gasteiger partial charge in [-0.3, -0.25) is 4.79 Å². The number of piperidine rings is 1. The number of ketones is 1. The summed E-state index contributed by atoms with van der Waals surface area (Å²) < 4.78 is 0. The summed E-state index contributed by atoms with van der Waals surface area (Å²) in [6.45, 7) is 21.5. The Kier molecular flexibility index (Phi) is 6.65. The van der Waals surface area contributed by atoms with Crippen LogP contribution in [0, 0.1) is 10.8 Å². The number of hydrogen-bond donors (Lipinski definition) is 0. The molecule has 152 valence electrons. The van der Waals surface area contributed by atoms with Crippen molar-refractivity contribution >= 4 is 5.78 Å². The fourth-order valence-electron chi connectivity index (χ4n) is 4.07. The first-order valence-corrected chi connectivity index (χ1v) is 10.7. The lowest BCUT2D eigenvalue weighted by atomic mass is 9.72. The molecule has 0 amide bonds. The molecule has 0 aromatic rings. The summed E-state index contributed by atoms with van der Waals surface area (Å²) in [6, 6.07) is 0. The van der Waals surface area contributed by atoms with Crippen molar-refractivity contribution in [2.24, 2.45) is 10.8 Å². The van der Waals surface area contributed by atoms with Crippen LogP contribution in [0.25, 0.3) is 0 Å². The van der Waals surface area contributed by atoms with Crippen molar-refractivity contribution in [2.75, 3.05) is 26.2 Å². The fourth-order valence-corrected chi connectivity index (χ4v) is 4.07. The van der Waals surface area contributed by atoms with E-state index < -0.39 is 0 Å². The van der Waals surface area contributed by atoms with Crippen molar-refractivity contribution in [3.8, 4) is 0 Å². The summed E-state index contributed by atoms with van der Waals surface area (Å²) in [4.78, 5) is 18.3. The molecule has 0 aromatic carbocycles. The van der Waals surface area contributed by atoms with Gasteiger partial charge in [-0.1, -0.05) is 41.5 Å². The minimum Gasteiger partial charge on any atom is -0.358 e. The second-order valence-electron chi connectivity index (χ2n) is 9.94. The predicted octanol–water partition coefficient (Wildman–Crippen LogP) is 5.55. The third kappa shape index (κ3) is 4.86. The molecule has 1 fully saturated rings. The van der Waals surface area contributed by atoms with Crippen LogP contribution >= 0.6 is 0 Å². The molecule has 0 saturated carbocycles. The third-order valence-corrected chi connectivity index (χ3v) is 5.68. The van der Waals surface area contributed by atoms with Gasteiger partial charge in [-0.15, -0.1) is 0 Å². The monoisotopic (exact) mass is 372 g/mol. The maximum Gasteiger partial charge on any atom is 0.186 e. The summed E-state index contributed by atoms with van der Waals surface area (Å²) in [5.74, 6) is 1.53. The van der Waals surface area contributed by atoms with Gasteiger partial charge in [0.15, 0.2) is 5.78 Å². The maximum atomic E-state index is 13.3. The van der Waals surface area contributed by atoms with Crippen LogP contribution < -0.4 is 0 Å². The minimum atomic E-state index is -0.163. The van der Waals surface area contributed by atoms with Gasteiger partial charge in [0.1, 0.15) is 5.82 Å². The minimum absolute atomic E-state index is 0.163. The summed E-state index contributed by atoms with van der Waals surface area (Å²) in [5, 5.41) is 0. The van der Waals surface area contributed by atoms with Crippen molar-refractivity contribution in [2.45, 2.75) is 74.7 Å². The quantitative estimate of drug-likeness (QED) is 0.646. The van der Waals surface area contributed by atoms with E-state index in [9.17, 15) is 4.79 Å². The van der Waals surface area contributed by atoms with E-state index in [0.29, 0.717) is 0 Å². The Balaban J connectivity index is 2.72. The van der Waals surface area contributed by atoms with Crippen molar-refractivity contribution in [1.29, 1.82) is 0 Å². The molecule has 27 heavy (non-hydrogen) atoms. The van der Waals surface area contributed by atoms with Gasteiger partial charge < -0.3 is 9.80 Å². The van der Waals surface area contributed by atoms with Gasteiger partial charge in [-0.25, -0.2) is 0 Å². The molecule has 1 aliphatic heterocycles. The van der Waals surface area contributed by atoms with Crippen LogP contribution in [0.15, 0.2) is 34.7 Å². The second-order valence-corrected chi connectivity index (χ2v) is 9.94. The van der Waals surface area contributed by atoms with Gasteiger partial charge >= 0.3 is 0 Å². The molecule has 0 N–H and O–H groups in total. The predicted molar refractivity (Wildman–Crippen MR) is 115 cm³/mol. The van der Waals surface area contributed by atoms with Crippen molar-refractivity contribution in [1.82, 2.24) is 9.80 Å². The van der Waals surface area contributed by atoms with Crippen LogP contribution in [0.4, 0.5) is 0 Å². The highest BCUT2D eigenvalue weighted by molar-refractivity contribution is 6.11. The van der Waals surface area contributed by atoms with Crippen LogP contribution in [-0.2, 0) is 4.79 Å². The largest absolute Gasteiger partial charge is 0.358 e. The Morgan fingerprint density at radius 3 is 1.70 bits per heavy atom. The highest BCUT2D eigenvalue weighted by Gasteiger charge is 2.35. The van der Waals surface area contributed by atoms with Gasteiger partial charge in [0.25, 0.3) is 0 Å². The molecule has 3 heteroatoms. The van der Waals surface area contributed by atoms with E-state index in [1.54, 1.807) is 0 Å². The zero-order chi connectivity index (χ0) is 20.4. The van der Waals surface area contributed by atoms with E-state index in [-0.39, 0.29) is 16.6 Å². The Bertz CT molecular complexity index is 607. The highest BCUT2D eigenvalue weighted by atomic mass is 16.1. The molecule has 0 spiro atoms. The zero-order valence-corrected chi connectivity index (χ0v) is 18.9. The Morgan fingerprint density at radius 2 is 1.33 bits per heavy atom. The zero-order valence-electron chi connectivity index (χ0n) is 18.9. The number of carbonyl (C=O) groups excluding carboxylic acids is 1. The standard InChI is InChI=1S/C24H40N2O/c1-9-25(10-2)22(26-14-12-11-13-15-26)18-16-19(23(3,4)5)21(27)20(17-18)24(6,7)8/h16-17H,9-15H2,1-8H3. The Hall–Kier alpha value is -1.51. The lowest BCUT2D eigenvalue weighted by molar-refractivity contribution is -0.114. The van der Waals surface area contributed by atoms with Crippen LogP contribution in [0.3, 0.4) is 0 Å². The Morgan fingerprint density at radius 1 is 0.889 bits per heavy atom. The molecule has 0 unspecified atom stereocenters. The lowest BCUT2D eigenvalue weighted by Crippen LogP contribution is -2.40. The number of nitrogens with zero attached hydrogens (tertiary/aromatic N) is 2. The Labute approximate surface area is 167 Å². The van der Waals surface area contributed by atoms with E-state index in [1.807, 2.05) is 0 Å². The van der Waals surface area contributed by atoms with Gasteiger partial charge in [-0.2, -0.15) is 0 Å². The number of allylic oxidation sites excluding steroid dienone is 5. The molecule has 2 aliphatic rings. The molecule has 0 bridgehead atoms. The molecule has 2 rings (SSSR count). The lowest BCUT2D eigenvalue weighted by Gasteiger charge is -2.40. The van der Waals surface area contributed by atoms with Crippen molar-refractivity contribution in [3.63, 3.8) is 0 Å². The SMILES string of the molecule is CCN(CC)C(=C1C=C(C(C)(C)C)C(=O)C(C(C)(C)C)=C1)N1CCCCC1. The molecule has 0 radical (unpaired) electrons. The average molecular weight is 373 g/mol. The number of Topliss-reactive ketones (excluding diaryl/α,β-unsaturated/α-hetero) is 1. The normalized spacial score (nSPS) is 19.0. The van der Waals surface area contributed by atoms with Crippen LogP contribution in [0.2, 0.25) is 0 Å². The van der Waals surface area contributed by atoms with E-state index in [2.05, 4.69) is 77.3 Å². The highest BCUT2D eigenvalue weighted by Crippen LogP contribution is 2.40. The van der Waals surface area contributed by atoms with Gasteiger partial charge in [0.2, 0.25) is 0 Å². The molecule has 0 aromatic heterocycles. The smallest absolute Gasteiger partial charge is 0.186 e. The first-order valence-electron chi connectivity index (χ1n) is 10.7. The molecular formula is C24H40N2O. The second kappa shape index (κ2) is 8.24. The molecular weight excluding hydrogens is 332 g/mol. The topological polar surface area (TPSA) is 23.6 Å². The number of likely N-dealkylation sites (tertiary alicyclic amines) is 1. The van der Waals surface area contributed by atoms with Crippen molar-refractivity contribution in [3.05, 3.63) is 34.7 Å². The molecule has 1 heterocycles. The van der Waals surface area contributed by atoms with Gasteiger partial charge in [-0.05, 0) is 56.1 Å². The average Bonchev–Trinajstić information content (AvgIpc) is 2.59. The van der Waals surface area contributed by atoms with Gasteiger partial charge in [0, 0.05) is 42.9 Å². The summed E-state index contributed by atoms with van der Waals surface area (Å²) in [7, 11) is 0. The molecule has 0 atom stereocenters. The van der Waals surface area contributed by atoms with Crippen LogP contribution in [-0.4, -0.2) is 41.8 Å². The fraction of sp³-hybridized carbons (Fsp3) is 0.708. The van der Waals surface area contributed by atoms with Crippen LogP contribution in [0.5, 0.6) is 0 Å². The first kappa shape index (κ1) is 21.8. The number of hydrogen-bond acceptors (Lipinski definition) is 3. The van der Waals surface area contributed by atoms with E-state index in [1.165, 1.54) is 30.7 Å². The van der Waals surface area contributed by atoms with E-state index in [4.69, 9.17) is 0 Å². The molecule has 1 aliphatic carbocycles. The summed E-state index contributed by atoms with van der Waals surface area (Å²) in [6.07, 6.45) is 8.19.